The molecule has 1 aliphatic rings. The van der Waals surface area contributed by atoms with Crippen molar-refractivity contribution in [2.45, 2.75) is 35.4 Å². The van der Waals surface area contributed by atoms with Gasteiger partial charge in [0.25, 0.3) is 0 Å². The average Bonchev–Trinajstić information content (AvgIpc) is 3.20. The largest absolute Gasteiger partial charge is 0.357 e. The summed E-state index contributed by atoms with van der Waals surface area (Å²) in [5, 5.41) is 15.0. The van der Waals surface area contributed by atoms with Gasteiger partial charge in [-0.1, -0.05) is 39.0 Å². The van der Waals surface area contributed by atoms with Gasteiger partial charge in [-0.3, -0.25) is 4.79 Å². The molecule has 1 unspecified atom stereocenters. The van der Waals surface area contributed by atoms with E-state index in [1.807, 2.05) is 31.2 Å². The number of rotatable bonds is 6. The monoisotopic (exact) mass is 398 g/mol. The van der Waals surface area contributed by atoms with E-state index in [-0.39, 0.29) is 11.2 Å². The lowest BCUT2D eigenvalue weighted by atomic mass is 10.3. The Morgan fingerprint density at radius 3 is 2.77 bits per heavy atom. The van der Waals surface area contributed by atoms with Crippen LogP contribution in [0.25, 0.3) is 0 Å². The summed E-state index contributed by atoms with van der Waals surface area (Å²) in [4.78, 5) is 12.2. The Labute approximate surface area is 145 Å². The van der Waals surface area contributed by atoms with Crippen molar-refractivity contribution >= 4 is 55.8 Å². The van der Waals surface area contributed by atoms with Crippen molar-refractivity contribution in [2.75, 3.05) is 10.6 Å². The fraction of sp³-hybridized carbons (Fsp3) is 0.357. The average molecular weight is 399 g/mol. The number of hydrogen-bond donors (Lipinski definition) is 2. The molecule has 0 radical (unpaired) electrons. The second-order valence-electron chi connectivity index (χ2n) is 5.05. The van der Waals surface area contributed by atoms with Crippen molar-refractivity contribution in [1.29, 1.82) is 0 Å². The van der Waals surface area contributed by atoms with Crippen LogP contribution in [0.5, 0.6) is 0 Å². The van der Waals surface area contributed by atoms with Gasteiger partial charge >= 0.3 is 0 Å². The number of nitrogens with zero attached hydrogens (tertiary/aromatic N) is 2. The van der Waals surface area contributed by atoms with Crippen molar-refractivity contribution in [1.82, 2.24) is 10.2 Å². The summed E-state index contributed by atoms with van der Waals surface area (Å²) in [5.74, 6) is -0.0424. The molecule has 1 aliphatic carbocycles. The van der Waals surface area contributed by atoms with Crippen molar-refractivity contribution in [3.63, 3.8) is 0 Å². The summed E-state index contributed by atoms with van der Waals surface area (Å²) in [6.07, 6.45) is 2.40. The molecule has 22 heavy (non-hydrogen) atoms. The third kappa shape index (κ3) is 4.44. The number of thioether (sulfide) groups is 1. The van der Waals surface area contributed by atoms with Crippen LogP contribution in [-0.2, 0) is 4.79 Å². The van der Waals surface area contributed by atoms with Gasteiger partial charge in [-0.15, -0.1) is 10.2 Å². The van der Waals surface area contributed by atoms with Gasteiger partial charge in [-0.25, -0.2) is 0 Å². The number of carbonyl (C=O) groups is 1. The van der Waals surface area contributed by atoms with Crippen LogP contribution in [0.3, 0.4) is 0 Å². The van der Waals surface area contributed by atoms with Crippen LogP contribution in [0.2, 0.25) is 0 Å². The topological polar surface area (TPSA) is 66.9 Å². The first kappa shape index (κ1) is 15.8. The van der Waals surface area contributed by atoms with Gasteiger partial charge in [0.2, 0.25) is 11.0 Å². The summed E-state index contributed by atoms with van der Waals surface area (Å²) in [5.41, 5.74) is 0.786. The van der Waals surface area contributed by atoms with E-state index in [1.54, 1.807) is 0 Å². The highest BCUT2D eigenvalue weighted by molar-refractivity contribution is 9.10. The minimum atomic E-state index is -0.231. The zero-order valence-corrected chi connectivity index (χ0v) is 15.1. The van der Waals surface area contributed by atoms with Gasteiger partial charge < -0.3 is 10.6 Å². The lowest BCUT2D eigenvalue weighted by Crippen LogP contribution is -2.22. The maximum Gasteiger partial charge on any atom is 0.237 e. The predicted molar refractivity (Wildman–Crippen MR) is 94.6 cm³/mol. The molecule has 2 aromatic rings. The first-order chi connectivity index (χ1) is 10.6. The maximum atomic E-state index is 12.2. The third-order valence-corrected chi connectivity index (χ3v) is 5.64. The standard InChI is InChI=1S/C14H15BrN4OS2/c1-8(12(20)16-10-4-2-9(15)3-5-10)21-14-19-18-13(22-14)17-11-6-7-11/h2-5,8,11H,6-7H2,1H3,(H,16,20)(H,17,18). The SMILES string of the molecule is CC(Sc1nnc(NC2CC2)s1)C(=O)Nc1ccc(Br)cc1. The Morgan fingerprint density at radius 1 is 1.36 bits per heavy atom. The number of benzene rings is 1. The summed E-state index contributed by atoms with van der Waals surface area (Å²) < 4.78 is 1.79. The Bertz CT molecular complexity index is 657. The van der Waals surface area contributed by atoms with E-state index in [0.29, 0.717) is 6.04 Å². The number of nitrogens with one attached hydrogen (secondary N) is 2. The summed E-state index contributed by atoms with van der Waals surface area (Å²) in [7, 11) is 0. The van der Waals surface area contributed by atoms with Gasteiger partial charge in [0.15, 0.2) is 4.34 Å². The summed E-state index contributed by atoms with van der Waals surface area (Å²) in [6.45, 7) is 1.87. The van der Waals surface area contributed by atoms with E-state index in [9.17, 15) is 4.79 Å². The molecule has 0 bridgehead atoms. The molecule has 1 aromatic carbocycles. The van der Waals surface area contributed by atoms with E-state index in [1.165, 1.54) is 35.9 Å². The first-order valence-corrected chi connectivity index (χ1v) is 9.42. The molecule has 1 amide bonds. The second kappa shape index (κ2) is 6.97. The molecule has 116 valence electrons. The lowest BCUT2D eigenvalue weighted by molar-refractivity contribution is -0.115. The number of hydrogen-bond acceptors (Lipinski definition) is 6. The molecule has 1 fully saturated rings. The number of amides is 1. The Kier molecular flexibility index (Phi) is 5.00. The zero-order chi connectivity index (χ0) is 15.5. The number of aromatic nitrogens is 2. The van der Waals surface area contributed by atoms with Crippen LogP contribution in [0.15, 0.2) is 33.1 Å². The molecule has 1 saturated carbocycles. The lowest BCUT2D eigenvalue weighted by Gasteiger charge is -2.10. The van der Waals surface area contributed by atoms with Gasteiger partial charge in [0, 0.05) is 16.2 Å². The van der Waals surface area contributed by atoms with E-state index in [2.05, 4.69) is 36.8 Å². The van der Waals surface area contributed by atoms with Gasteiger partial charge in [0.05, 0.1) is 5.25 Å². The van der Waals surface area contributed by atoms with Crippen LogP contribution in [0.1, 0.15) is 19.8 Å². The second-order valence-corrected chi connectivity index (χ2v) is 8.53. The highest BCUT2D eigenvalue weighted by atomic mass is 79.9. The van der Waals surface area contributed by atoms with Gasteiger partial charge in [0.1, 0.15) is 0 Å². The fourth-order valence-corrected chi connectivity index (χ4v) is 3.94. The van der Waals surface area contributed by atoms with E-state index in [0.717, 1.165) is 19.6 Å². The molecule has 1 aromatic heterocycles. The molecule has 2 N–H and O–H groups in total. The third-order valence-electron chi connectivity index (χ3n) is 3.07. The summed E-state index contributed by atoms with van der Waals surface area (Å²) >= 11 is 6.30. The zero-order valence-electron chi connectivity index (χ0n) is 11.9. The van der Waals surface area contributed by atoms with Crippen LogP contribution in [-0.4, -0.2) is 27.4 Å². The highest BCUT2D eigenvalue weighted by Crippen LogP contribution is 2.32. The molecule has 8 heteroatoms. The minimum absolute atomic E-state index is 0.0424. The molecule has 5 nitrogen and oxygen atoms in total. The number of anilines is 2. The number of halogens is 1. The van der Waals surface area contributed by atoms with Crippen molar-refractivity contribution in [3.8, 4) is 0 Å². The predicted octanol–water partition coefficient (Wildman–Crippen LogP) is 3.99. The molecule has 1 atom stereocenters. The molecular weight excluding hydrogens is 384 g/mol. The molecule has 3 rings (SSSR count). The van der Waals surface area contributed by atoms with Gasteiger partial charge in [-0.05, 0) is 44.0 Å². The van der Waals surface area contributed by atoms with Crippen molar-refractivity contribution in [3.05, 3.63) is 28.7 Å². The van der Waals surface area contributed by atoms with E-state index in [4.69, 9.17) is 0 Å². The minimum Gasteiger partial charge on any atom is -0.357 e. The smallest absolute Gasteiger partial charge is 0.237 e. The Hall–Kier alpha value is -1.12. The number of carbonyl (C=O) groups excluding carboxylic acids is 1. The maximum absolute atomic E-state index is 12.2. The molecule has 0 aliphatic heterocycles. The Morgan fingerprint density at radius 2 is 2.09 bits per heavy atom. The van der Waals surface area contributed by atoms with Crippen molar-refractivity contribution < 1.29 is 4.79 Å². The molecular formula is C14H15BrN4OS2. The Balaban J connectivity index is 1.53. The fourth-order valence-electron chi connectivity index (χ4n) is 1.70. The van der Waals surface area contributed by atoms with E-state index < -0.39 is 0 Å². The normalized spacial score (nSPS) is 15.4. The first-order valence-electron chi connectivity index (χ1n) is 6.93. The van der Waals surface area contributed by atoms with Crippen LogP contribution in [0.4, 0.5) is 10.8 Å². The molecule has 0 spiro atoms. The van der Waals surface area contributed by atoms with Crippen LogP contribution >= 0.6 is 39.0 Å². The summed E-state index contributed by atoms with van der Waals surface area (Å²) in [6, 6.07) is 8.08. The van der Waals surface area contributed by atoms with Crippen LogP contribution < -0.4 is 10.6 Å². The molecule has 0 saturated heterocycles. The molecule has 1 heterocycles. The highest BCUT2D eigenvalue weighted by Gasteiger charge is 2.23. The van der Waals surface area contributed by atoms with Gasteiger partial charge in [-0.2, -0.15) is 0 Å². The van der Waals surface area contributed by atoms with Crippen molar-refractivity contribution in [2.24, 2.45) is 0 Å². The van der Waals surface area contributed by atoms with Crippen LogP contribution in [0, 0.1) is 0 Å². The quantitative estimate of drug-likeness (QED) is 0.719. The van der Waals surface area contributed by atoms with E-state index >= 15 is 0 Å².